The van der Waals surface area contributed by atoms with Crippen LogP contribution in [0.15, 0.2) is 205 Å². The number of hydrogen-bond donors (Lipinski definition) is 0. The average molecular weight is 724 g/mol. The number of anilines is 8. The van der Waals surface area contributed by atoms with Gasteiger partial charge in [0.1, 0.15) is 5.52 Å². The summed E-state index contributed by atoms with van der Waals surface area (Å²) in [6.45, 7) is 1.00. The highest BCUT2D eigenvalue weighted by Crippen LogP contribution is 2.40. The molecule has 0 bridgehead atoms. The summed E-state index contributed by atoms with van der Waals surface area (Å²) in [5.74, 6) is 0.556. The Kier molecular flexibility index (Phi) is 8.54. The lowest BCUT2D eigenvalue weighted by atomic mass is 10.0. The van der Waals surface area contributed by atoms with Gasteiger partial charge in [-0.3, -0.25) is 0 Å². The molecule has 1 aliphatic rings. The van der Waals surface area contributed by atoms with Crippen molar-refractivity contribution in [2.75, 3.05) is 21.2 Å². The summed E-state index contributed by atoms with van der Waals surface area (Å²) < 4.78 is 5.94. The number of rotatable bonds is 9. The third-order valence-electron chi connectivity index (χ3n) is 10.5. The van der Waals surface area contributed by atoms with Crippen LogP contribution in [0.1, 0.15) is 5.56 Å². The second kappa shape index (κ2) is 14.4. The van der Waals surface area contributed by atoms with E-state index >= 15 is 0 Å². The summed E-state index contributed by atoms with van der Waals surface area (Å²) >= 11 is 0. The van der Waals surface area contributed by atoms with E-state index in [0.717, 1.165) is 69.3 Å². The maximum atomic E-state index is 5.94. The van der Waals surface area contributed by atoms with Gasteiger partial charge in [0.2, 0.25) is 11.6 Å². The third-order valence-corrected chi connectivity index (χ3v) is 10.5. The van der Waals surface area contributed by atoms with E-state index in [2.05, 4.69) is 188 Å². The van der Waals surface area contributed by atoms with Crippen LogP contribution in [0.2, 0.25) is 0 Å². The molecular formula is C50H37N5O. The lowest BCUT2D eigenvalue weighted by Gasteiger charge is -2.27. The largest absolute Gasteiger partial charge is 0.418 e. The Bertz CT molecular complexity index is 2700. The molecule has 0 radical (unpaired) electrons. The molecule has 0 spiro atoms. The van der Waals surface area contributed by atoms with Crippen LogP contribution in [0.3, 0.4) is 0 Å². The topological polar surface area (TPSA) is 48.6 Å². The first kappa shape index (κ1) is 33.2. The molecule has 0 saturated heterocycles. The maximum absolute atomic E-state index is 5.94. The van der Waals surface area contributed by atoms with Crippen molar-refractivity contribution >= 4 is 56.7 Å². The van der Waals surface area contributed by atoms with Gasteiger partial charge in [-0.15, -0.1) is 0 Å². The number of fused-ring (bicyclic) bond motifs is 2. The van der Waals surface area contributed by atoms with Crippen LogP contribution in [0, 0.1) is 0 Å². The molecule has 56 heavy (non-hydrogen) atoms. The number of aromatic nitrogens is 2. The van der Waals surface area contributed by atoms with Gasteiger partial charge in [-0.2, -0.15) is 0 Å². The molecule has 0 N–H and O–H groups in total. The molecule has 7 aromatic carbocycles. The zero-order valence-corrected chi connectivity index (χ0v) is 30.6. The van der Waals surface area contributed by atoms with Crippen LogP contribution < -0.4 is 14.7 Å². The van der Waals surface area contributed by atoms with Crippen LogP contribution >= 0.6 is 0 Å². The minimum absolute atomic E-state index is 0.537. The summed E-state index contributed by atoms with van der Waals surface area (Å²) in [7, 11) is 0. The molecule has 0 saturated carbocycles. The van der Waals surface area contributed by atoms with Gasteiger partial charge in [0, 0.05) is 63.8 Å². The van der Waals surface area contributed by atoms with Crippen LogP contribution in [-0.4, -0.2) is 16.5 Å². The Hall–Kier alpha value is -7.44. The number of hydrogen-bond acceptors (Lipinski definition) is 6. The van der Waals surface area contributed by atoms with Gasteiger partial charge in [0.25, 0.3) is 0 Å². The Morgan fingerprint density at radius 3 is 1.48 bits per heavy atom. The molecule has 6 nitrogen and oxygen atoms in total. The molecule has 2 aromatic heterocycles. The van der Waals surface area contributed by atoms with E-state index in [4.69, 9.17) is 4.42 Å². The van der Waals surface area contributed by atoms with Crippen molar-refractivity contribution in [1.82, 2.24) is 9.97 Å². The first-order valence-corrected chi connectivity index (χ1v) is 18.9. The predicted molar refractivity (Wildman–Crippen MR) is 229 cm³/mol. The third kappa shape index (κ3) is 6.33. The summed E-state index contributed by atoms with van der Waals surface area (Å²) in [5.41, 5.74) is 14.9. The molecule has 0 atom stereocenters. The minimum atomic E-state index is 0.537. The van der Waals surface area contributed by atoms with Gasteiger partial charge in [0.15, 0.2) is 0 Å². The van der Waals surface area contributed by atoms with Crippen molar-refractivity contribution in [1.29, 1.82) is 0 Å². The van der Waals surface area contributed by atoms with Crippen LogP contribution in [0.4, 0.5) is 45.5 Å². The van der Waals surface area contributed by atoms with Gasteiger partial charge in [-0.05, 0) is 138 Å². The molecule has 268 valence electrons. The van der Waals surface area contributed by atoms with Gasteiger partial charge < -0.3 is 19.1 Å². The van der Waals surface area contributed by atoms with E-state index in [9.17, 15) is 0 Å². The highest BCUT2D eigenvalue weighted by atomic mass is 16.4. The van der Waals surface area contributed by atoms with Gasteiger partial charge in [0.05, 0.1) is 0 Å². The fourth-order valence-corrected chi connectivity index (χ4v) is 7.69. The summed E-state index contributed by atoms with van der Waals surface area (Å²) in [6, 6.07) is 68.4. The first-order valence-electron chi connectivity index (χ1n) is 18.9. The summed E-state index contributed by atoms with van der Waals surface area (Å²) in [5, 5.41) is 0. The number of oxazole rings is 1. The quantitative estimate of drug-likeness (QED) is 0.148. The van der Waals surface area contributed by atoms with Gasteiger partial charge in [-0.1, -0.05) is 78.9 Å². The summed E-state index contributed by atoms with van der Waals surface area (Å²) in [6.07, 6.45) is 2.79. The average Bonchev–Trinajstić information content (AvgIpc) is 3.91. The molecule has 0 unspecified atom stereocenters. The van der Waals surface area contributed by atoms with Crippen LogP contribution in [-0.2, 0) is 6.42 Å². The Morgan fingerprint density at radius 2 is 0.929 bits per heavy atom. The molecule has 6 heteroatoms. The van der Waals surface area contributed by atoms with E-state index in [1.54, 1.807) is 6.20 Å². The number of para-hydroxylation sites is 3. The van der Waals surface area contributed by atoms with Crippen molar-refractivity contribution < 1.29 is 4.42 Å². The molecule has 10 rings (SSSR count). The molecule has 0 aliphatic carbocycles. The Labute approximate surface area is 326 Å². The zero-order valence-electron chi connectivity index (χ0n) is 30.6. The van der Waals surface area contributed by atoms with Crippen molar-refractivity contribution in [2.45, 2.75) is 6.42 Å². The Balaban J connectivity index is 0.920. The molecule has 0 amide bonds. The minimum Gasteiger partial charge on any atom is -0.418 e. The highest BCUT2D eigenvalue weighted by Gasteiger charge is 2.21. The zero-order chi connectivity index (χ0) is 37.3. The van der Waals surface area contributed by atoms with Crippen LogP contribution in [0.25, 0.3) is 33.8 Å². The number of pyridine rings is 1. The number of benzene rings is 7. The predicted octanol–water partition coefficient (Wildman–Crippen LogP) is 13.2. The molecule has 3 heterocycles. The van der Waals surface area contributed by atoms with E-state index in [0.29, 0.717) is 11.6 Å². The van der Waals surface area contributed by atoms with E-state index in [1.165, 1.54) is 16.9 Å². The van der Waals surface area contributed by atoms with Crippen molar-refractivity contribution in [3.05, 3.63) is 206 Å². The van der Waals surface area contributed by atoms with Gasteiger partial charge >= 0.3 is 0 Å². The SMILES string of the molecule is c1ccc(N(c2ccc(-c3ccc(N(c4ccccc4)c4ccc(N5CCc6ccccc65)cc4)cc3)cc2)c2ccc(-c3nc4cccnc4o3)cc2)cc1. The number of nitrogens with zero attached hydrogens (tertiary/aromatic N) is 5. The van der Waals surface area contributed by atoms with E-state index in [1.807, 2.05) is 30.3 Å². The Morgan fingerprint density at radius 1 is 0.446 bits per heavy atom. The van der Waals surface area contributed by atoms with Crippen molar-refractivity contribution in [3.63, 3.8) is 0 Å². The lowest BCUT2D eigenvalue weighted by molar-refractivity contribution is 0.608. The summed E-state index contributed by atoms with van der Waals surface area (Å²) in [4.78, 5) is 15.9. The van der Waals surface area contributed by atoms with E-state index < -0.39 is 0 Å². The molecular weight excluding hydrogens is 687 g/mol. The van der Waals surface area contributed by atoms with Crippen molar-refractivity contribution in [3.8, 4) is 22.6 Å². The first-order chi connectivity index (χ1) is 27.7. The normalized spacial score (nSPS) is 12.1. The standard InChI is InChI=1S/C50H37N5O/c1-3-11-41(12-4-1)54(45-27-21-39(22-28-45)49-52-47-15-9-34-51-50(47)56-49)43-23-17-36(18-24-43)37-19-25-44(26-20-37)55(42-13-5-2-6-14-42)46-31-29-40(30-32-46)53-35-33-38-10-7-8-16-48(38)53/h1-32,34H,33,35H2. The second-order valence-corrected chi connectivity index (χ2v) is 13.9. The fraction of sp³-hybridized carbons (Fsp3) is 0.0400. The monoisotopic (exact) mass is 723 g/mol. The lowest BCUT2D eigenvalue weighted by Crippen LogP contribution is -2.14. The van der Waals surface area contributed by atoms with E-state index in [-0.39, 0.29) is 0 Å². The van der Waals surface area contributed by atoms with Gasteiger partial charge in [-0.25, -0.2) is 9.97 Å². The van der Waals surface area contributed by atoms with Crippen LogP contribution in [0.5, 0.6) is 0 Å². The van der Waals surface area contributed by atoms with Crippen molar-refractivity contribution in [2.24, 2.45) is 0 Å². The second-order valence-electron chi connectivity index (χ2n) is 13.9. The molecule has 9 aromatic rings. The maximum Gasteiger partial charge on any atom is 0.247 e. The molecule has 1 aliphatic heterocycles. The fourth-order valence-electron chi connectivity index (χ4n) is 7.69. The highest BCUT2D eigenvalue weighted by molar-refractivity contribution is 5.82. The smallest absolute Gasteiger partial charge is 0.247 e. The molecule has 0 fully saturated rings.